The molecule has 1 aromatic rings. The molecule has 0 atom stereocenters. The Kier molecular flexibility index (Phi) is 3.63. The predicted molar refractivity (Wildman–Crippen MR) is 67.6 cm³/mol. The third-order valence-corrected chi connectivity index (χ3v) is 3.52. The van der Waals surface area contributed by atoms with E-state index in [-0.39, 0.29) is 12.6 Å². The minimum absolute atomic E-state index is 0.0330. The molecule has 0 aromatic heterocycles. The summed E-state index contributed by atoms with van der Waals surface area (Å²) >= 11 is 0. The summed E-state index contributed by atoms with van der Waals surface area (Å²) in [5.41, 5.74) is 6.28. The second-order valence-corrected chi connectivity index (χ2v) is 5.21. The topological polar surface area (TPSA) is 85.0 Å². The largest absolute Gasteiger partial charge is 0.383 e. The summed E-state index contributed by atoms with van der Waals surface area (Å²) in [6.07, 6.45) is 2.75. The van der Waals surface area contributed by atoms with Gasteiger partial charge in [0.15, 0.2) is 0 Å². The molecule has 0 fully saturated rings. The zero-order valence-corrected chi connectivity index (χ0v) is 10.4. The average Bonchev–Trinajstić information content (AvgIpc) is 2.32. The maximum atomic E-state index is 11.6. The van der Waals surface area contributed by atoms with Crippen LogP contribution in [0.2, 0.25) is 0 Å². The minimum atomic E-state index is -3.74. The summed E-state index contributed by atoms with van der Waals surface area (Å²) in [6.45, 7) is 0.240. The third-order valence-electron chi connectivity index (χ3n) is 2.26. The highest BCUT2D eigenvalue weighted by Gasteiger charge is 2.20. The molecule has 18 heavy (non-hydrogen) atoms. The quantitative estimate of drug-likeness (QED) is 0.865. The second-order valence-electron chi connectivity index (χ2n) is 3.66. The molecule has 6 nitrogen and oxygen atoms in total. The molecule has 1 aromatic carbocycles. The van der Waals surface area contributed by atoms with E-state index >= 15 is 0 Å². The molecule has 0 spiro atoms. The Bertz CT molecular complexity index is 566. The van der Waals surface area contributed by atoms with E-state index in [0.29, 0.717) is 6.61 Å². The highest BCUT2D eigenvalue weighted by atomic mass is 32.2. The molecule has 7 heteroatoms. The van der Waals surface area contributed by atoms with Gasteiger partial charge in [-0.15, -0.1) is 4.40 Å². The molecule has 1 aliphatic rings. The molecule has 0 saturated heterocycles. The van der Waals surface area contributed by atoms with Crippen molar-refractivity contribution < 1.29 is 13.2 Å². The van der Waals surface area contributed by atoms with Crippen LogP contribution >= 0.6 is 0 Å². The SMILES string of the molecule is NC1=NS(=O)(=O)N(COCc2ccccc2)C=C1. The lowest BCUT2D eigenvalue weighted by atomic mass is 10.2. The third kappa shape index (κ3) is 3.08. The van der Waals surface area contributed by atoms with Crippen molar-refractivity contribution in [3.05, 3.63) is 48.2 Å². The first-order chi connectivity index (χ1) is 8.58. The first kappa shape index (κ1) is 12.6. The van der Waals surface area contributed by atoms with Gasteiger partial charge in [0.2, 0.25) is 0 Å². The minimum Gasteiger partial charge on any atom is -0.383 e. The molecule has 0 unspecified atom stereocenters. The summed E-state index contributed by atoms with van der Waals surface area (Å²) in [6, 6.07) is 9.48. The molecule has 1 aliphatic heterocycles. The highest BCUT2D eigenvalue weighted by Crippen LogP contribution is 2.10. The van der Waals surface area contributed by atoms with E-state index in [0.717, 1.165) is 9.87 Å². The Balaban J connectivity index is 1.90. The number of nitrogens with two attached hydrogens (primary N) is 1. The number of rotatable bonds is 4. The number of ether oxygens (including phenoxy) is 1. The molecule has 2 rings (SSSR count). The van der Waals surface area contributed by atoms with Crippen LogP contribution in [0.1, 0.15) is 5.56 Å². The molecule has 0 saturated carbocycles. The summed E-state index contributed by atoms with van der Waals surface area (Å²) in [7, 11) is -3.74. The molecule has 1 heterocycles. The number of nitrogens with zero attached hydrogens (tertiary/aromatic N) is 2. The standard InChI is InChI=1S/C11H13N3O3S/c12-11-6-7-14(18(15,16)13-11)9-17-8-10-4-2-1-3-5-10/h1-7H,8-9H2,(H2,12,13). The number of hydrogen-bond donors (Lipinski definition) is 1. The van der Waals surface area contributed by atoms with Gasteiger partial charge in [-0.2, -0.15) is 8.42 Å². The van der Waals surface area contributed by atoms with Crippen LogP contribution in [0.5, 0.6) is 0 Å². The summed E-state index contributed by atoms with van der Waals surface area (Å²) in [4.78, 5) is 0. The average molecular weight is 267 g/mol. The van der Waals surface area contributed by atoms with Crippen LogP contribution in [0.15, 0.2) is 47.0 Å². The predicted octanol–water partition coefficient (Wildman–Crippen LogP) is 0.592. The van der Waals surface area contributed by atoms with Gasteiger partial charge < -0.3 is 10.5 Å². The fourth-order valence-corrected chi connectivity index (χ4v) is 2.24. The lowest BCUT2D eigenvalue weighted by Crippen LogP contribution is -2.32. The normalized spacial score (nSPS) is 17.6. The molecule has 0 aliphatic carbocycles. The number of amidine groups is 1. The van der Waals surface area contributed by atoms with Crippen molar-refractivity contribution in [2.75, 3.05) is 6.73 Å². The first-order valence-electron chi connectivity index (χ1n) is 5.25. The number of hydrogen-bond acceptors (Lipinski definition) is 4. The first-order valence-corrected chi connectivity index (χ1v) is 6.65. The maximum Gasteiger partial charge on any atom is 0.348 e. The van der Waals surface area contributed by atoms with Gasteiger partial charge in [-0.25, -0.2) is 4.31 Å². The lowest BCUT2D eigenvalue weighted by molar-refractivity contribution is 0.0761. The van der Waals surface area contributed by atoms with E-state index in [1.807, 2.05) is 30.3 Å². The maximum absolute atomic E-state index is 11.6. The molecule has 0 bridgehead atoms. The van der Waals surface area contributed by atoms with Crippen molar-refractivity contribution in [3.63, 3.8) is 0 Å². The van der Waals surface area contributed by atoms with Crippen LogP contribution < -0.4 is 5.73 Å². The fraction of sp³-hybridized carbons (Fsp3) is 0.182. The van der Waals surface area contributed by atoms with Gasteiger partial charge >= 0.3 is 10.2 Å². The van der Waals surface area contributed by atoms with Gasteiger partial charge in [-0.05, 0) is 11.6 Å². The van der Waals surface area contributed by atoms with Crippen LogP contribution in [-0.4, -0.2) is 25.3 Å². The van der Waals surface area contributed by atoms with Gasteiger partial charge in [0, 0.05) is 6.20 Å². The summed E-state index contributed by atoms with van der Waals surface area (Å²) in [5, 5.41) is 0. The molecule has 96 valence electrons. The van der Waals surface area contributed by atoms with Gasteiger partial charge in [-0.1, -0.05) is 30.3 Å². The van der Waals surface area contributed by atoms with Gasteiger partial charge in [0.25, 0.3) is 0 Å². The van der Waals surface area contributed by atoms with Gasteiger partial charge in [0.1, 0.15) is 12.6 Å². The summed E-state index contributed by atoms with van der Waals surface area (Å²) in [5.74, 6) is -0.0330. The van der Waals surface area contributed by atoms with Crippen molar-refractivity contribution >= 4 is 16.0 Å². The zero-order chi connectivity index (χ0) is 13.0. The van der Waals surface area contributed by atoms with Crippen molar-refractivity contribution in [3.8, 4) is 0 Å². The Hall–Kier alpha value is -1.86. The van der Waals surface area contributed by atoms with Crippen LogP contribution in [0, 0.1) is 0 Å². The number of benzene rings is 1. The summed E-state index contributed by atoms with van der Waals surface area (Å²) < 4.78 is 32.8. The van der Waals surface area contributed by atoms with Crippen LogP contribution in [0.25, 0.3) is 0 Å². The molecular formula is C11H13N3O3S. The zero-order valence-electron chi connectivity index (χ0n) is 9.56. The smallest absolute Gasteiger partial charge is 0.348 e. The van der Waals surface area contributed by atoms with E-state index in [9.17, 15) is 8.42 Å². The van der Waals surface area contributed by atoms with Crippen LogP contribution in [-0.2, 0) is 21.6 Å². The second kappa shape index (κ2) is 5.19. The Labute approximate surface area is 106 Å². The van der Waals surface area contributed by atoms with Crippen molar-refractivity contribution in [2.45, 2.75) is 6.61 Å². The van der Waals surface area contributed by atoms with E-state index in [1.54, 1.807) is 0 Å². The van der Waals surface area contributed by atoms with Crippen LogP contribution in [0.4, 0.5) is 0 Å². The molecule has 2 N–H and O–H groups in total. The highest BCUT2D eigenvalue weighted by molar-refractivity contribution is 7.88. The molecule has 0 radical (unpaired) electrons. The Morgan fingerprint density at radius 1 is 1.28 bits per heavy atom. The Morgan fingerprint density at radius 3 is 2.67 bits per heavy atom. The van der Waals surface area contributed by atoms with E-state index in [2.05, 4.69) is 4.40 Å². The fourth-order valence-electron chi connectivity index (χ4n) is 1.39. The van der Waals surface area contributed by atoms with E-state index in [4.69, 9.17) is 10.5 Å². The molecular weight excluding hydrogens is 254 g/mol. The monoisotopic (exact) mass is 267 g/mol. The van der Waals surface area contributed by atoms with Crippen molar-refractivity contribution in [2.24, 2.45) is 10.1 Å². The van der Waals surface area contributed by atoms with Gasteiger partial charge in [-0.3, -0.25) is 0 Å². The van der Waals surface area contributed by atoms with E-state index in [1.165, 1.54) is 12.3 Å². The lowest BCUT2D eigenvalue weighted by Gasteiger charge is -2.19. The Morgan fingerprint density at radius 2 is 2.00 bits per heavy atom. The van der Waals surface area contributed by atoms with Crippen molar-refractivity contribution in [1.29, 1.82) is 0 Å². The van der Waals surface area contributed by atoms with Crippen LogP contribution in [0.3, 0.4) is 0 Å². The molecule has 0 amide bonds. The van der Waals surface area contributed by atoms with Gasteiger partial charge in [0.05, 0.1) is 6.61 Å². The van der Waals surface area contributed by atoms with Crippen molar-refractivity contribution in [1.82, 2.24) is 4.31 Å². The van der Waals surface area contributed by atoms with E-state index < -0.39 is 10.2 Å².